The standard InChI is InChI=1S/C19H27NO3/c21-19(15-22-14-18-9-5-13-23-18)20-12-4-8-17(20)11-10-16-6-2-1-3-7-16/h1-3,6-7,17-18H,4-5,8-15H2. The molecule has 2 aliphatic rings. The Kier molecular flexibility index (Phi) is 6.06. The molecule has 2 heterocycles. The Morgan fingerprint density at radius 2 is 2.09 bits per heavy atom. The van der Waals surface area contributed by atoms with Gasteiger partial charge in [-0.05, 0) is 44.1 Å². The first-order chi connectivity index (χ1) is 11.3. The molecule has 3 rings (SSSR count). The van der Waals surface area contributed by atoms with Gasteiger partial charge >= 0.3 is 0 Å². The number of carbonyl (C=O) groups excluding carboxylic acids is 1. The van der Waals surface area contributed by atoms with Crippen molar-refractivity contribution in [1.82, 2.24) is 4.90 Å². The number of rotatable bonds is 7. The number of amides is 1. The third-order valence-corrected chi connectivity index (χ3v) is 4.86. The first-order valence-electron chi connectivity index (χ1n) is 8.85. The molecule has 1 aromatic rings. The SMILES string of the molecule is O=C(COCC1CCCO1)N1CCCC1CCc1ccccc1. The molecule has 4 nitrogen and oxygen atoms in total. The largest absolute Gasteiger partial charge is 0.376 e. The quantitative estimate of drug-likeness (QED) is 0.776. The summed E-state index contributed by atoms with van der Waals surface area (Å²) >= 11 is 0. The van der Waals surface area contributed by atoms with Gasteiger partial charge in [0.2, 0.25) is 5.91 Å². The Morgan fingerprint density at radius 3 is 2.87 bits per heavy atom. The van der Waals surface area contributed by atoms with Gasteiger partial charge in [-0.15, -0.1) is 0 Å². The number of benzene rings is 1. The molecule has 1 amide bonds. The van der Waals surface area contributed by atoms with Crippen LogP contribution < -0.4 is 0 Å². The van der Waals surface area contributed by atoms with Crippen molar-refractivity contribution in [1.29, 1.82) is 0 Å². The van der Waals surface area contributed by atoms with Gasteiger partial charge in [-0.1, -0.05) is 30.3 Å². The number of hydrogen-bond acceptors (Lipinski definition) is 3. The number of hydrogen-bond donors (Lipinski definition) is 0. The Bertz CT molecular complexity index is 485. The lowest BCUT2D eigenvalue weighted by Gasteiger charge is -2.25. The number of nitrogens with zero attached hydrogens (tertiary/aromatic N) is 1. The molecule has 2 atom stereocenters. The minimum atomic E-state index is 0.138. The van der Waals surface area contributed by atoms with E-state index in [0.717, 1.165) is 51.7 Å². The molecule has 0 bridgehead atoms. The average molecular weight is 317 g/mol. The second kappa shape index (κ2) is 8.46. The zero-order chi connectivity index (χ0) is 15.9. The van der Waals surface area contributed by atoms with Crippen molar-refractivity contribution < 1.29 is 14.3 Å². The van der Waals surface area contributed by atoms with Crippen molar-refractivity contribution in [3.8, 4) is 0 Å². The first-order valence-corrected chi connectivity index (χ1v) is 8.85. The fourth-order valence-electron chi connectivity index (χ4n) is 3.58. The van der Waals surface area contributed by atoms with Gasteiger partial charge in [0.15, 0.2) is 0 Å². The highest BCUT2D eigenvalue weighted by Crippen LogP contribution is 2.22. The topological polar surface area (TPSA) is 38.8 Å². The fraction of sp³-hybridized carbons (Fsp3) is 0.632. The molecule has 2 aliphatic heterocycles. The van der Waals surface area contributed by atoms with Crippen LogP contribution in [0.5, 0.6) is 0 Å². The fourth-order valence-corrected chi connectivity index (χ4v) is 3.58. The highest BCUT2D eigenvalue weighted by atomic mass is 16.5. The van der Waals surface area contributed by atoms with E-state index in [1.807, 2.05) is 11.0 Å². The summed E-state index contributed by atoms with van der Waals surface area (Å²) in [6.07, 6.45) is 6.65. The lowest BCUT2D eigenvalue weighted by molar-refractivity contribution is -0.138. The van der Waals surface area contributed by atoms with E-state index < -0.39 is 0 Å². The highest BCUT2D eigenvalue weighted by molar-refractivity contribution is 5.78. The van der Waals surface area contributed by atoms with Gasteiger partial charge in [-0.25, -0.2) is 0 Å². The van der Waals surface area contributed by atoms with E-state index in [4.69, 9.17) is 9.47 Å². The van der Waals surface area contributed by atoms with Crippen molar-refractivity contribution in [2.45, 2.75) is 50.7 Å². The minimum Gasteiger partial charge on any atom is -0.376 e. The molecule has 23 heavy (non-hydrogen) atoms. The predicted octanol–water partition coefficient (Wildman–Crippen LogP) is 2.81. The summed E-state index contributed by atoms with van der Waals surface area (Å²) in [7, 11) is 0. The van der Waals surface area contributed by atoms with Crippen LogP contribution in [0.1, 0.15) is 37.7 Å². The van der Waals surface area contributed by atoms with Crippen LogP contribution in [-0.4, -0.2) is 49.3 Å². The third-order valence-electron chi connectivity index (χ3n) is 4.86. The third kappa shape index (κ3) is 4.79. The molecule has 1 aromatic carbocycles. The van der Waals surface area contributed by atoms with E-state index in [9.17, 15) is 4.79 Å². The zero-order valence-electron chi connectivity index (χ0n) is 13.8. The van der Waals surface area contributed by atoms with Crippen LogP contribution >= 0.6 is 0 Å². The second-order valence-electron chi connectivity index (χ2n) is 6.56. The van der Waals surface area contributed by atoms with Crippen LogP contribution in [0.25, 0.3) is 0 Å². The van der Waals surface area contributed by atoms with Crippen molar-refractivity contribution >= 4 is 5.91 Å². The molecule has 0 aliphatic carbocycles. The van der Waals surface area contributed by atoms with Gasteiger partial charge in [-0.2, -0.15) is 0 Å². The average Bonchev–Trinajstić information content (AvgIpc) is 3.25. The van der Waals surface area contributed by atoms with Gasteiger partial charge in [0, 0.05) is 19.2 Å². The molecule has 2 saturated heterocycles. The zero-order valence-corrected chi connectivity index (χ0v) is 13.8. The summed E-state index contributed by atoms with van der Waals surface area (Å²) in [6, 6.07) is 10.9. The van der Waals surface area contributed by atoms with E-state index in [-0.39, 0.29) is 18.6 Å². The van der Waals surface area contributed by atoms with Crippen molar-refractivity contribution in [2.75, 3.05) is 26.4 Å². The Balaban J connectivity index is 1.41. The van der Waals surface area contributed by atoms with E-state index in [0.29, 0.717) is 12.6 Å². The van der Waals surface area contributed by atoms with E-state index in [1.54, 1.807) is 0 Å². The maximum atomic E-state index is 12.4. The van der Waals surface area contributed by atoms with E-state index >= 15 is 0 Å². The van der Waals surface area contributed by atoms with Crippen LogP contribution in [0, 0.1) is 0 Å². The summed E-state index contributed by atoms with van der Waals surface area (Å²) in [4.78, 5) is 14.4. The van der Waals surface area contributed by atoms with Crippen LogP contribution in [-0.2, 0) is 20.7 Å². The summed E-state index contributed by atoms with van der Waals surface area (Å²) in [5.41, 5.74) is 1.35. The molecule has 2 unspecified atom stereocenters. The number of aryl methyl sites for hydroxylation is 1. The molecule has 0 spiro atoms. The molecule has 0 radical (unpaired) electrons. The smallest absolute Gasteiger partial charge is 0.248 e. The molecule has 0 aromatic heterocycles. The van der Waals surface area contributed by atoms with Crippen molar-refractivity contribution in [3.63, 3.8) is 0 Å². The normalized spacial score (nSPS) is 24.3. The monoisotopic (exact) mass is 317 g/mol. The summed E-state index contributed by atoms with van der Waals surface area (Å²) in [5.74, 6) is 0.138. The minimum absolute atomic E-state index is 0.138. The van der Waals surface area contributed by atoms with Gasteiger partial charge in [0.25, 0.3) is 0 Å². The highest BCUT2D eigenvalue weighted by Gasteiger charge is 2.28. The van der Waals surface area contributed by atoms with Crippen molar-refractivity contribution in [2.24, 2.45) is 0 Å². The second-order valence-corrected chi connectivity index (χ2v) is 6.56. The van der Waals surface area contributed by atoms with E-state index in [2.05, 4.69) is 24.3 Å². The van der Waals surface area contributed by atoms with Crippen LogP contribution in [0.4, 0.5) is 0 Å². The summed E-state index contributed by atoms with van der Waals surface area (Å²) < 4.78 is 11.1. The Hall–Kier alpha value is -1.39. The number of ether oxygens (including phenoxy) is 2. The molecule has 4 heteroatoms. The molecule has 126 valence electrons. The lowest BCUT2D eigenvalue weighted by atomic mass is 10.0. The predicted molar refractivity (Wildman–Crippen MR) is 89.3 cm³/mol. The van der Waals surface area contributed by atoms with Crippen LogP contribution in [0.15, 0.2) is 30.3 Å². The molecule has 0 N–H and O–H groups in total. The van der Waals surface area contributed by atoms with Crippen LogP contribution in [0.2, 0.25) is 0 Å². The van der Waals surface area contributed by atoms with Gasteiger partial charge < -0.3 is 14.4 Å². The Labute approximate surface area is 138 Å². The lowest BCUT2D eigenvalue weighted by Crippen LogP contribution is -2.38. The molecular weight excluding hydrogens is 290 g/mol. The molecule has 2 fully saturated rings. The molecular formula is C19H27NO3. The van der Waals surface area contributed by atoms with Crippen LogP contribution in [0.3, 0.4) is 0 Å². The summed E-state index contributed by atoms with van der Waals surface area (Å²) in [6.45, 7) is 2.45. The number of carbonyl (C=O) groups is 1. The van der Waals surface area contributed by atoms with Gasteiger partial charge in [0.05, 0.1) is 12.7 Å². The molecule has 0 saturated carbocycles. The van der Waals surface area contributed by atoms with E-state index in [1.165, 1.54) is 5.56 Å². The first kappa shape index (κ1) is 16.5. The maximum absolute atomic E-state index is 12.4. The Morgan fingerprint density at radius 1 is 1.22 bits per heavy atom. The maximum Gasteiger partial charge on any atom is 0.248 e. The summed E-state index contributed by atoms with van der Waals surface area (Å²) in [5, 5.41) is 0. The van der Waals surface area contributed by atoms with Crippen molar-refractivity contribution in [3.05, 3.63) is 35.9 Å². The van der Waals surface area contributed by atoms with Gasteiger partial charge in [0.1, 0.15) is 6.61 Å². The number of likely N-dealkylation sites (tertiary alicyclic amines) is 1. The van der Waals surface area contributed by atoms with Gasteiger partial charge in [-0.3, -0.25) is 4.79 Å².